The number of amides is 1. The van der Waals surface area contributed by atoms with E-state index in [1.54, 1.807) is 18.3 Å². The number of nitrogens with zero attached hydrogens (tertiary/aromatic N) is 3. The Hall–Kier alpha value is -1.92. The van der Waals surface area contributed by atoms with Crippen molar-refractivity contribution >= 4 is 23.3 Å². The maximum atomic E-state index is 12.5. The van der Waals surface area contributed by atoms with E-state index in [9.17, 15) is 4.79 Å². The van der Waals surface area contributed by atoms with Crippen molar-refractivity contribution in [3.05, 3.63) is 41.3 Å². The van der Waals surface area contributed by atoms with Crippen molar-refractivity contribution in [3.8, 4) is 0 Å². The predicted molar refractivity (Wildman–Crippen MR) is 94.1 cm³/mol. The number of hydrogen-bond donors (Lipinski definition) is 2. The molecular formula is C17H22ClN5O. The topological polar surface area (TPSA) is 73.9 Å². The van der Waals surface area contributed by atoms with E-state index in [1.807, 2.05) is 13.0 Å². The second-order valence-corrected chi connectivity index (χ2v) is 7.07. The molecule has 3 heterocycles. The van der Waals surface area contributed by atoms with Gasteiger partial charge in [0, 0.05) is 30.0 Å². The van der Waals surface area contributed by atoms with Gasteiger partial charge in [0.05, 0.1) is 11.1 Å². The number of carbonyl (C=O) groups excluding carboxylic acids is 1. The third-order valence-electron chi connectivity index (χ3n) is 4.78. The van der Waals surface area contributed by atoms with Crippen LogP contribution >= 0.6 is 11.6 Å². The van der Waals surface area contributed by atoms with Crippen LogP contribution < -0.4 is 5.32 Å². The highest BCUT2D eigenvalue weighted by Crippen LogP contribution is 2.33. The Bertz CT molecular complexity index is 688. The number of anilines is 1. The Kier molecular flexibility index (Phi) is 4.87. The fourth-order valence-electron chi connectivity index (χ4n) is 3.27. The summed E-state index contributed by atoms with van der Waals surface area (Å²) in [6.07, 6.45) is 5.44. The van der Waals surface area contributed by atoms with Gasteiger partial charge in [-0.15, -0.1) is 0 Å². The Balaban J connectivity index is 1.66. The van der Waals surface area contributed by atoms with Gasteiger partial charge in [-0.05, 0) is 44.5 Å². The first-order chi connectivity index (χ1) is 11.5. The van der Waals surface area contributed by atoms with Gasteiger partial charge in [-0.2, -0.15) is 5.10 Å². The van der Waals surface area contributed by atoms with E-state index in [0.717, 1.165) is 31.6 Å². The lowest BCUT2D eigenvalue weighted by molar-refractivity contribution is -0.121. The van der Waals surface area contributed by atoms with E-state index >= 15 is 0 Å². The lowest BCUT2D eigenvalue weighted by Crippen LogP contribution is -2.51. The fourth-order valence-corrected chi connectivity index (χ4v) is 3.38. The van der Waals surface area contributed by atoms with Crippen LogP contribution in [0.3, 0.4) is 0 Å². The van der Waals surface area contributed by atoms with Gasteiger partial charge in [-0.3, -0.25) is 14.8 Å². The van der Waals surface area contributed by atoms with Crippen molar-refractivity contribution in [1.82, 2.24) is 20.1 Å². The zero-order valence-electron chi connectivity index (χ0n) is 13.9. The van der Waals surface area contributed by atoms with Gasteiger partial charge >= 0.3 is 0 Å². The van der Waals surface area contributed by atoms with Crippen LogP contribution in [0.2, 0.25) is 5.02 Å². The van der Waals surface area contributed by atoms with Crippen LogP contribution in [0.5, 0.6) is 0 Å². The molecule has 1 aliphatic rings. The van der Waals surface area contributed by atoms with Gasteiger partial charge in [-0.25, -0.2) is 4.98 Å². The van der Waals surface area contributed by atoms with Crippen LogP contribution in [0, 0.1) is 0 Å². The van der Waals surface area contributed by atoms with E-state index in [1.165, 1.54) is 6.20 Å². The van der Waals surface area contributed by atoms with E-state index in [2.05, 4.69) is 32.3 Å². The molecule has 6 nitrogen and oxygen atoms in total. The second-order valence-electron chi connectivity index (χ2n) is 6.63. The van der Waals surface area contributed by atoms with Crippen LogP contribution in [0.4, 0.5) is 5.82 Å². The first-order valence-corrected chi connectivity index (χ1v) is 8.52. The highest BCUT2D eigenvalue weighted by atomic mass is 35.5. The summed E-state index contributed by atoms with van der Waals surface area (Å²) in [6.45, 7) is 5.88. The molecule has 0 spiro atoms. The van der Waals surface area contributed by atoms with Gasteiger partial charge in [0.15, 0.2) is 0 Å². The molecule has 2 aromatic rings. The molecule has 0 radical (unpaired) electrons. The average molecular weight is 348 g/mol. The van der Waals surface area contributed by atoms with E-state index in [0.29, 0.717) is 10.8 Å². The molecule has 2 N–H and O–H groups in total. The maximum Gasteiger partial charge on any atom is 0.242 e. The monoisotopic (exact) mass is 347 g/mol. The highest BCUT2D eigenvalue weighted by Gasteiger charge is 2.36. The number of aromatic nitrogens is 3. The minimum Gasteiger partial charge on any atom is -0.309 e. The van der Waals surface area contributed by atoms with Gasteiger partial charge < -0.3 is 5.32 Å². The van der Waals surface area contributed by atoms with Crippen molar-refractivity contribution in [2.75, 3.05) is 18.4 Å². The summed E-state index contributed by atoms with van der Waals surface area (Å²) in [5.74, 6) is 0.461. The molecule has 3 rings (SSSR count). The predicted octanol–water partition coefficient (Wildman–Crippen LogP) is 2.84. The summed E-state index contributed by atoms with van der Waals surface area (Å²) < 4.78 is 0. The van der Waals surface area contributed by atoms with Crippen LogP contribution in [-0.4, -0.2) is 45.1 Å². The van der Waals surface area contributed by atoms with Crippen molar-refractivity contribution in [1.29, 1.82) is 0 Å². The smallest absolute Gasteiger partial charge is 0.242 e. The molecule has 0 bridgehead atoms. The molecule has 1 fully saturated rings. The standard InChI is InChI=1S/C17H22ClN5O/c1-12(16(24)21-15-5-4-13(18)10-19-15)23-9-3-7-17(2,11-23)14-6-8-20-22-14/h4-6,8,10,12H,3,7,9,11H2,1-2H3,(H,20,22)(H,19,21,24)/t12-,17-/m0/s1. The number of rotatable bonds is 4. The molecule has 0 aromatic carbocycles. The second kappa shape index (κ2) is 6.91. The third-order valence-corrected chi connectivity index (χ3v) is 5.01. The van der Waals surface area contributed by atoms with E-state index < -0.39 is 0 Å². The summed E-state index contributed by atoms with van der Waals surface area (Å²) in [4.78, 5) is 18.9. The number of nitrogens with one attached hydrogen (secondary N) is 2. The van der Waals surface area contributed by atoms with Crippen molar-refractivity contribution in [2.45, 2.75) is 38.1 Å². The summed E-state index contributed by atoms with van der Waals surface area (Å²) in [5, 5.41) is 10.6. The van der Waals surface area contributed by atoms with Gasteiger partial charge in [0.25, 0.3) is 0 Å². The van der Waals surface area contributed by atoms with Gasteiger partial charge in [0.1, 0.15) is 5.82 Å². The number of likely N-dealkylation sites (tertiary alicyclic amines) is 1. The lowest BCUT2D eigenvalue weighted by atomic mass is 9.78. The van der Waals surface area contributed by atoms with Crippen molar-refractivity contribution < 1.29 is 4.79 Å². The number of aromatic amines is 1. The minimum absolute atomic E-state index is 0.0121. The zero-order chi connectivity index (χ0) is 17.2. The van der Waals surface area contributed by atoms with Crippen molar-refractivity contribution in [2.24, 2.45) is 0 Å². The Morgan fingerprint density at radius 3 is 2.96 bits per heavy atom. The summed E-state index contributed by atoms with van der Waals surface area (Å²) in [7, 11) is 0. The first kappa shape index (κ1) is 16.9. The molecular weight excluding hydrogens is 326 g/mol. The Morgan fingerprint density at radius 2 is 2.29 bits per heavy atom. The normalized spacial score (nSPS) is 23.0. The summed E-state index contributed by atoms with van der Waals surface area (Å²) in [5.41, 5.74) is 1.11. The molecule has 128 valence electrons. The quantitative estimate of drug-likeness (QED) is 0.891. The van der Waals surface area contributed by atoms with Crippen molar-refractivity contribution in [3.63, 3.8) is 0 Å². The number of hydrogen-bond acceptors (Lipinski definition) is 4. The molecule has 0 unspecified atom stereocenters. The highest BCUT2D eigenvalue weighted by molar-refractivity contribution is 6.30. The molecule has 2 aromatic heterocycles. The maximum absolute atomic E-state index is 12.5. The fraction of sp³-hybridized carbons (Fsp3) is 0.471. The third kappa shape index (κ3) is 3.60. The number of pyridine rings is 1. The molecule has 7 heteroatoms. The SMILES string of the molecule is C[C@@H](C(=O)Nc1ccc(Cl)cn1)N1CCC[C@](C)(c2ccn[nH]2)C1. The summed E-state index contributed by atoms with van der Waals surface area (Å²) >= 11 is 5.82. The number of piperidine rings is 1. The molecule has 0 saturated carbocycles. The zero-order valence-corrected chi connectivity index (χ0v) is 14.7. The number of carbonyl (C=O) groups is 1. The first-order valence-electron chi connectivity index (χ1n) is 8.14. The van der Waals surface area contributed by atoms with Gasteiger partial charge in [-0.1, -0.05) is 18.5 Å². The van der Waals surface area contributed by atoms with Crippen LogP contribution in [0.1, 0.15) is 32.4 Å². The molecule has 0 aliphatic carbocycles. The summed E-state index contributed by atoms with van der Waals surface area (Å²) in [6, 6.07) is 5.21. The van der Waals surface area contributed by atoms with E-state index in [4.69, 9.17) is 11.6 Å². The molecule has 1 saturated heterocycles. The van der Waals surface area contributed by atoms with Gasteiger partial charge in [0.2, 0.25) is 5.91 Å². The van der Waals surface area contributed by atoms with Crippen LogP contribution in [0.15, 0.2) is 30.6 Å². The average Bonchev–Trinajstić information content (AvgIpc) is 3.12. The number of H-pyrrole nitrogens is 1. The Labute approximate surface area is 146 Å². The molecule has 1 aliphatic heterocycles. The largest absolute Gasteiger partial charge is 0.309 e. The van der Waals surface area contributed by atoms with E-state index in [-0.39, 0.29) is 17.4 Å². The lowest BCUT2D eigenvalue weighted by Gasteiger charge is -2.42. The molecule has 24 heavy (non-hydrogen) atoms. The molecule has 1 amide bonds. The van der Waals surface area contributed by atoms with Crippen LogP contribution in [-0.2, 0) is 10.2 Å². The minimum atomic E-state index is -0.231. The number of halogens is 1. The molecule has 2 atom stereocenters. The Morgan fingerprint density at radius 1 is 1.46 bits per heavy atom. The van der Waals surface area contributed by atoms with Crippen LogP contribution in [0.25, 0.3) is 0 Å².